The Morgan fingerprint density at radius 1 is 1.13 bits per heavy atom. The number of anilines is 1. The number of carbonyl (C=O) groups is 3. The third kappa shape index (κ3) is 3.86. The van der Waals surface area contributed by atoms with Gasteiger partial charge in [0.05, 0.1) is 11.8 Å². The molecule has 1 fully saturated rings. The van der Waals surface area contributed by atoms with Crippen LogP contribution in [-0.4, -0.2) is 54.0 Å². The van der Waals surface area contributed by atoms with Crippen LogP contribution in [0.2, 0.25) is 0 Å². The van der Waals surface area contributed by atoms with Crippen molar-refractivity contribution < 1.29 is 19.5 Å². The predicted molar refractivity (Wildman–Crippen MR) is 115 cm³/mol. The fourth-order valence-corrected chi connectivity index (χ4v) is 4.85. The van der Waals surface area contributed by atoms with Gasteiger partial charge in [0.15, 0.2) is 0 Å². The molecule has 1 aliphatic heterocycles. The minimum atomic E-state index is -0.719. The number of hydrogen-bond donors (Lipinski definition) is 3. The smallest absolute Gasteiger partial charge is 0.247 e. The van der Waals surface area contributed by atoms with Crippen molar-refractivity contribution in [3.05, 3.63) is 41.5 Å². The molecule has 7 heteroatoms. The maximum absolute atomic E-state index is 13.4. The Bertz CT molecular complexity index is 846. The van der Waals surface area contributed by atoms with Crippen molar-refractivity contribution >= 4 is 23.4 Å². The molecule has 1 saturated heterocycles. The van der Waals surface area contributed by atoms with E-state index in [0.717, 1.165) is 16.8 Å². The Balaban J connectivity index is 1.98. The van der Waals surface area contributed by atoms with Gasteiger partial charge < -0.3 is 20.6 Å². The number of carbonyl (C=O) groups excluding carboxylic acids is 3. The molecule has 3 rings (SSSR count). The standard InChI is InChI=1S/C23H31N3O4/c1-13-9-10-16-18(17(13)21(28)24-4)23(30)26(11-6-12-27)20(16)22(29)25-19-14(2)7-5-8-15(19)3/h5,7-10,13,16-18,20,27H,6,11-12H2,1-4H3,(H,24,28)(H,25,29)/t13-,16+,17-,18+,20+/m1/s1. The van der Waals surface area contributed by atoms with E-state index in [1.807, 2.05) is 51.1 Å². The Kier molecular flexibility index (Phi) is 6.61. The largest absolute Gasteiger partial charge is 0.396 e. The van der Waals surface area contributed by atoms with E-state index < -0.39 is 17.9 Å². The van der Waals surface area contributed by atoms with Crippen LogP contribution >= 0.6 is 0 Å². The first-order valence-electron chi connectivity index (χ1n) is 10.5. The lowest BCUT2D eigenvalue weighted by Gasteiger charge is -2.32. The molecule has 30 heavy (non-hydrogen) atoms. The summed E-state index contributed by atoms with van der Waals surface area (Å²) in [5.41, 5.74) is 2.64. The van der Waals surface area contributed by atoms with Gasteiger partial charge in [-0.1, -0.05) is 37.3 Å². The van der Waals surface area contributed by atoms with Crippen LogP contribution < -0.4 is 10.6 Å². The normalized spacial score (nSPS) is 27.7. The molecule has 0 spiro atoms. The van der Waals surface area contributed by atoms with Gasteiger partial charge in [0, 0.05) is 31.8 Å². The first-order chi connectivity index (χ1) is 14.3. The molecule has 5 atom stereocenters. The number of nitrogens with one attached hydrogen (secondary N) is 2. The molecule has 1 heterocycles. The van der Waals surface area contributed by atoms with Gasteiger partial charge in [-0.2, -0.15) is 0 Å². The van der Waals surface area contributed by atoms with Crippen molar-refractivity contribution in [3.63, 3.8) is 0 Å². The quantitative estimate of drug-likeness (QED) is 0.618. The summed E-state index contributed by atoms with van der Waals surface area (Å²) in [5.74, 6) is -2.24. The summed E-state index contributed by atoms with van der Waals surface area (Å²) in [6.07, 6.45) is 4.23. The van der Waals surface area contributed by atoms with Crippen LogP contribution in [-0.2, 0) is 14.4 Å². The van der Waals surface area contributed by atoms with Gasteiger partial charge in [-0.3, -0.25) is 14.4 Å². The number of likely N-dealkylation sites (tertiary alicyclic amines) is 1. The molecule has 3 amide bonds. The van der Waals surface area contributed by atoms with Crippen molar-refractivity contribution in [1.82, 2.24) is 10.2 Å². The molecule has 0 bridgehead atoms. The number of rotatable bonds is 6. The van der Waals surface area contributed by atoms with Crippen LogP contribution in [0.4, 0.5) is 5.69 Å². The van der Waals surface area contributed by atoms with Crippen molar-refractivity contribution in [2.45, 2.75) is 33.2 Å². The highest BCUT2D eigenvalue weighted by Gasteiger charge is 2.56. The lowest BCUT2D eigenvalue weighted by Crippen LogP contribution is -2.45. The number of aliphatic hydroxyl groups excluding tert-OH is 1. The zero-order valence-electron chi connectivity index (χ0n) is 18.0. The van der Waals surface area contributed by atoms with E-state index in [4.69, 9.17) is 0 Å². The number of benzene rings is 1. The number of allylic oxidation sites excluding steroid dienone is 1. The summed E-state index contributed by atoms with van der Waals surface area (Å²) in [6, 6.07) is 5.07. The number of nitrogens with zero attached hydrogens (tertiary/aromatic N) is 1. The fraction of sp³-hybridized carbons (Fsp3) is 0.522. The topological polar surface area (TPSA) is 98.7 Å². The predicted octanol–water partition coefficient (Wildman–Crippen LogP) is 1.64. The van der Waals surface area contributed by atoms with Gasteiger partial charge in [0.1, 0.15) is 6.04 Å². The third-order valence-electron chi connectivity index (χ3n) is 6.38. The number of amides is 3. The van der Waals surface area contributed by atoms with E-state index in [0.29, 0.717) is 6.42 Å². The molecule has 1 aromatic carbocycles. The van der Waals surface area contributed by atoms with Gasteiger partial charge in [0.25, 0.3) is 0 Å². The van der Waals surface area contributed by atoms with E-state index in [-0.39, 0.29) is 42.7 Å². The second-order valence-electron chi connectivity index (χ2n) is 8.30. The number of hydrogen-bond acceptors (Lipinski definition) is 4. The molecule has 0 aromatic heterocycles. The SMILES string of the molecule is CNC(=O)[C@H]1[C@H]2C(=O)N(CCCO)[C@H](C(=O)Nc3c(C)cccc3C)[C@H]2C=C[C@H]1C. The highest BCUT2D eigenvalue weighted by atomic mass is 16.3. The summed E-state index contributed by atoms with van der Waals surface area (Å²) >= 11 is 0. The molecule has 2 aliphatic rings. The van der Waals surface area contributed by atoms with E-state index in [1.165, 1.54) is 0 Å². The molecule has 3 N–H and O–H groups in total. The maximum atomic E-state index is 13.4. The van der Waals surface area contributed by atoms with Gasteiger partial charge in [-0.25, -0.2) is 0 Å². The van der Waals surface area contributed by atoms with Gasteiger partial charge in [-0.05, 0) is 37.3 Å². The Morgan fingerprint density at radius 2 is 1.80 bits per heavy atom. The minimum Gasteiger partial charge on any atom is -0.396 e. The van der Waals surface area contributed by atoms with Crippen molar-refractivity contribution in [3.8, 4) is 0 Å². The molecule has 0 saturated carbocycles. The molecule has 1 aliphatic carbocycles. The fourth-order valence-electron chi connectivity index (χ4n) is 4.85. The van der Waals surface area contributed by atoms with Crippen LogP contribution in [0.15, 0.2) is 30.4 Å². The summed E-state index contributed by atoms with van der Waals surface area (Å²) in [6.45, 7) is 5.98. The number of aryl methyl sites for hydroxylation is 2. The Labute approximate surface area is 177 Å². The van der Waals surface area contributed by atoms with Crippen LogP contribution in [0.25, 0.3) is 0 Å². The first-order valence-corrected chi connectivity index (χ1v) is 10.5. The highest BCUT2D eigenvalue weighted by Crippen LogP contribution is 2.44. The highest BCUT2D eigenvalue weighted by molar-refractivity contribution is 6.02. The van der Waals surface area contributed by atoms with Crippen molar-refractivity contribution in [2.24, 2.45) is 23.7 Å². The van der Waals surface area contributed by atoms with Crippen LogP contribution in [0.3, 0.4) is 0 Å². The second-order valence-corrected chi connectivity index (χ2v) is 8.30. The van der Waals surface area contributed by atoms with Crippen molar-refractivity contribution in [2.75, 3.05) is 25.5 Å². The van der Waals surface area contributed by atoms with Crippen LogP contribution in [0, 0.1) is 37.5 Å². The van der Waals surface area contributed by atoms with Gasteiger partial charge in [0.2, 0.25) is 17.7 Å². The third-order valence-corrected chi connectivity index (χ3v) is 6.38. The Morgan fingerprint density at radius 3 is 2.40 bits per heavy atom. The molecule has 0 radical (unpaired) electrons. The number of fused-ring (bicyclic) bond motifs is 1. The molecule has 0 unspecified atom stereocenters. The summed E-state index contributed by atoms with van der Waals surface area (Å²) in [7, 11) is 1.57. The van der Waals surface area contributed by atoms with E-state index in [9.17, 15) is 19.5 Å². The zero-order valence-corrected chi connectivity index (χ0v) is 18.0. The lowest BCUT2D eigenvalue weighted by atomic mass is 9.70. The number of aliphatic hydroxyl groups is 1. The monoisotopic (exact) mass is 413 g/mol. The summed E-state index contributed by atoms with van der Waals surface area (Å²) < 4.78 is 0. The number of para-hydroxylation sites is 1. The average molecular weight is 414 g/mol. The summed E-state index contributed by atoms with van der Waals surface area (Å²) in [5, 5.41) is 15.0. The van der Waals surface area contributed by atoms with E-state index in [2.05, 4.69) is 10.6 Å². The minimum absolute atomic E-state index is 0.0739. The summed E-state index contributed by atoms with van der Waals surface area (Å²) in [4.78, 5) is 40.9. The molecular weight excluding hydrogens is 382 g/mol. The zero-order chi connectivity index (χ0) is 22.0. The lowest BCUT2D eigenvalue weighted by molar-refractivity contribution is -0.140. The van der Waals surface area contributed by atoms with Crippen LogP contribution in [0.1, 0.15) is 24.5 Å². The van der Waals surface area contributed by atoms with E-state index in [1.54, 1.807) is 11.9 Å². The van der Waals surface area contributed by atoms with Gasteiger partial charge in [-0.15, -0.1) is 0 Å². The van der Waals surface area contributed by atoms with E-state index >= 15 is 0 Å². The molecule has 7 nitrogen and oxygen atoms in total. The van der Waals surface area contributed by atoms with Gasteiger partial charge >= 0.3 is 0 Å². The molecule has 1 aromatic rings. The second kappa shape index (κ2) is 9.00. The van der Waals surface area contributed by atoms with Crippen molar-refractivity contribution in [1.29, 1.82) is 0 Å². The average Bonchev–Trinajstić information content (AvgIpc) is 3.00. The van der Waals surface area contributed by atoms with Crippen LogP contribution in [0.5, 0.6) is 0 Å². The first kappa shape index (κ1) is 22.0. The molecule has 162 valence electrons. The molecular formula is C23H31N3O4. The Hall–Kier alpha value is -2.67. The maximum Gasteiger partial charge on any atom is 0.247 e.